The van der Waals surface area contributed by atoms with Gasteiger partial charge in [0.25, 0.3) is 0 Å². The summed E-state index contributed by atoms with van der Waals surface area (Å²) in [6, 6.07) is 0. The van der Waals surface area contributed by atoms with Crippen LogP contribution < -0.4 is 0 Å². The maximum absolute atomic E-state index is 11.6. The van der Waals surface area contributed by atoms with Crippen LogP contribution in [-0.2, 0) is 9.53 Å². The average molecular weight is 255 g/mol. The van der Waals surface area contributed by atoms with Gasteiger partial charge in [-0.2, -0.15) is 0 Å². The van der Waals surface area contributed by atoms with Crippen molar-refractivity contribution in [1.29, 1.82) is 0 Å². The van der Waals surface area contributed by atoms with Crippen LogP contribution in [-0.4, -0.2) is 48.8 Å². The number of aliphatic carboxylic acids is 1. The molecule has 18 heavy (non-hydrogen) atoms. The molecule has 0 amide bonds. The molecule has 2 aliphatic rings. The molecule has 104 valence electrons. The molecule has 0 aromatic rings. The van der Waals surface area contributed by atoms with Crippen LogP contribution >= 0.6 is 0 Å². The van der Waals surface area contributed by atoms with Crippen LogP contribution in [0.1, 0.15) is 39.0 Å². The molecule has 0 aromatic heterocycles. The van der Waals surface area contributed by atoms with Crippen molar-refractivity contribution < 1.29 is 14.6 Å². The van der Waals surface area contributed by atoms with Gasteiger partial charge in [-0.3, -0.25) is 4.79 Å². The Kier molecular flexibility index (Phi) is 4.62. The van der Waals surface area contributed by atoms with Gasteiger partial charge in [0.1, 0.15) is 0 Å². The van der Waals surface area contributed by atoms with E-state index in [0.717, 1.165) is 19.0 Å². The summed E-state index contributed by atoms with van der Waals surface area (Å²) < 4.78 is 5.32. The van der Waals surface area contributed by atoms with Crippen molar-refractivity contribution in [3.8, 4) is 0 Å². The van der Waals surface area contributed by atoms with E-state index < -0.39 is 11.4 Å². The predicted octanol–water partition coefficient (Wildman–Crippen LogP) is 1.99. The molecule has 1 N–H and O–H groups in total. The summed E-state index contributed by atoms with van der Waals surface area (Å²) in [5.41, 5.74) is -0.558. The summed E-state index contributed by atoms with van der Waals surface area (Å²) in [5, 5.41) is 9.54. The largest absolute Gasteiger partial charge is 0.481 e. The third kappa shape index (κ3) is 3.04. The highest BCUT2D eigenvalue weighted by Gasteiger charge is 2.41. The fourth-order valence-electron chi connectivity index (χ4n) is 3.18. The van der Waals surface area contributed by atoms with Gasteiger partial charge in [0.05, 0.1) is 5.41 Å². The molecule has 2 heterocycles. The first-order valence-electron chi connectivity index (χ1n) is 7.20. The summed E-state index contributed by atoms with van der Waals surface area (Å²) in [4.78, 5) is 13.9. The zero-order valence-corrected chi connectivity index (χ0v) is 11.4. The van der Waals surface area contributed by atoms with E-state index in [4.69, 9.17) is 4.74 Å². The van der Waals surface area contributed by atoms with Crippen molar-refractivity contribution in [2.45, 2.75) is 39.0 Å². The Bertz CT molecular complexity index is 279. The topological polar surface area (TPSA) is 49.8 Å². The highest BCUT2D eigenvalue weighted by Crippen LogP contribution is 2.33. The molecule has 2 aliphatic heterocycles. The lowest BCUT2D eigenvalue weighted by Gasteiger charge is -2.40. The van der Waals surface area contributed by atoms with Crippen LogP contribution in [0, 0.1) is 11.3 Å². The Morgan fingerprint density at radius 3 is 2.44 bits per heavy atom. The molecule has 0 radical (unpaired) electrons. The first-order chi connectivity index (χ1) is 8.66. The van der Waals surface area contributed by atoms with Gasteiger partial charge in [-0.05, 0) is 44.7 Å². The number of rotatable bonds is 4. The second-order valence-corrected chi connectivity index (χ2v) is 5.83. The number of carbonyl (C=O) groups is 1. The first-order valence-corrected chi connectivity index (χ1v) is 7.20. The van der Waals surface area contributed by atoms with Crippen molar-refractivity contribution in [1.82, 2.24) is 4.90 Å². The van der Waals surface area contributed by atoms with Gasteiger partial charge in [-0.15, -0.1) is 0 Å². The van der Waals surface area contributed by atoms with Crippen LogP contribution in [0.3, 0.4) is 0 Å². The summed E-state index contributed by atoms with van der Waals surface area (Å²) in [6.45, 7) is 6.28. The van der Waals surface area contributed by atoms with Crippen molar-refractivity contribution >= 4 is 5.97 Å². The number of piperidine rings is 1. The second-order valence-electron chi connectivity index (χ2n) is 5.83. The number of nitrogens with zero attached hydrogens (tertiary/aromatic N) is 1. The number of hydrogen-bond donors (Lipinski definition) is 1. The molecule has 0 aromatic carbocycles. The van der Waals surface area contributed by atoms with Gasteiger partial charge in [0.2, 0.25) is 0 Å². The third-order valence-electron chi connectivity index (χ3n) is 4.71. The molecule has 0 bridgehead atoms. The average Bonchev–Trinajstić information content (AvgIpc) is 2.40. The Labute approximate surface area is 109 Å². The molecule has 2 rings (SSSR count). The number of carboxylic acids is 1. The Hall–Kier alpha value is -0.610. The molecule has 2 saturated heterocycles. The first kappa shape index (κ1) is 13.8. The lowest BCUT2D eigenvalue weighted by atomic mass is 9.79. The lowest BCUT2D eigenvalue weighted by Crippen LogP contribution is -2.48. The van der Waals surface area contributed by atoms with Crippen molar-refractivity contribution in [2.24, 2.45) is 11.3 Å². The highest BCUT2D eigenvalue weighted by atomic mass is 16.5. The monoisotopic (exact) mass is 255 g/mol. The Balaban J connectivity index is 1.91. The van der Waals surface area contributed by atoms with Crippen LogP contribution in [0.2, 0.25) is 0 Å². The molecule has 0 aliphatic carbocycles. The molecule has 4 nitrogen and oxygen atoms in total. The van der Waals surface area contributed by atoms with Gasteiger partial charge in [-0.25, -0.2) is 0 Å². The van der Waals surface area contributed by atoms with Crippen molar-refractivity contribution in [3.63, 3.8) is 0 Å². The molecule has 0 unspecified atom stereocenters. The lowest BCUT2D eigenvalue weighted by molar-refractivity contribution is -0.157. The van der Waals surface area contributed by atoms with Gasteiger partial charge < -0.3 is 14.7 Å². The molecular weight excluding hydrogens is 230 g/mol. The van der Waals surface area contributed by atoms with Crippen LogP contribution in [0.25, 0.3) is 0 Å². The minimum Gasteiger partial charge on any atom is -0.481 e. The van der Waals surface area contributed by atoms with Crippen LogP contribution in [0.4, 0.5) is 0 Å². The third-order valence-corrected chi connectivity index (χ3v) is 4.71. The maximum atomic E-state index is 11.6. The van der Waals surface area contributed by atoms with E-state index in [2.05, 4.69) is 11.8 Å². The minimum absolute atomic E-state index is 0.558. The number of hydrogen-bond acceptors (Lipinski definition) is 3. The van der Waals surface area contributed by atoms with E-state index >= 15 is 0 Å². The predicted molar refractivity (Wildman–Crippen MR) is 69.6 cm³/mol. The normalized spacial score (nSPS) is 26.1. The summed E-state index contributed by atoms with van der Waals surface area (Å²) in [5.74, 6) is 0.208. The van der Waals surface area contributed by atoms with E-state index in [1.54, 1.807) is 0 Å². The van der Waals surface area contributed by atoms with Gasteiger partial charge in [0.15, 0.2) is 0 Å². The fourth-order valence-corrected chi connectivity index (χ4v) is 3.18. The quantitative estimate of drug-likeness (QED) is 0.834. The van der Waals surface area contributed by atoms with Gasteiger partial charge in [0, 0.05) is 19.8 Å². The molecule has 0 spiro atoms. The molecule has 0 saturated carbocycles. The van der Waals surface area contributed by atoms with E-state index in [1.807, 2.05) is 0 Å². The molecule has 2 fully saturated rings. The summed E-state index contributed by atoms with van der Waals surface area (Å²) in [6.07, 6.45) is 5.03. The smallest absolute Gasteiger partial charge is 0.311 e. The fraction of sp³-hybridized carbons (Fsp3) is 0.929. The number of ether oxygens (including phenoxy) is 1. The van der Waals surface area contributed by atoms with E-state index in [0.29, 0.717) is 32.6 Å². The van der Waals surface area contributed by atoms with Crippen LogP contribution in [0.5, 0.6) is 0 Å². The Morgan fingerprint density at radius 1 is 1.33 bits per heavy atom. The van der Waals surface area contributed by atoms with Gasteiger partial charge in [-0.1, -0.05) is 13.3 Å². The van der Waals surface area contributed by atoms with Gasteiger partial charge >= 0.3 is 5.97 Å². The van der Waals surface area contributed by atoms with Crippen molar-refractivity contribution in [2.75, 3.05) is 32.8 Å². The second kappa shape index (κ2) is 6.02. The zero-order valence-electron chi connectivity index (χ0n) is 11.4. The highest BCUT2D eigenvalue weighted by molar-refractivity contribution is 5.75. The minimum atomic E-state index is -0.636. The summed E-state index contributed by atoms with van der Waals surface area (Å²) in [7, 11) is 0. The van der Waals surface area contributed by atoms with Crippen LogP contribution in [0.15, 0.2) is 0 Å². The van der Waals surface area contributed by atoms with Crippen molar-refractivity contribution in [3.05, 3.63) is 0 Å². The number of likely N-dealkylation sites (tertiary alicyclic amines) is 1. The molecule has 4 heteroatoms. The number of carboxylic acid groups (broad SMARTS) is 1. The maximum Gasteiger partial charge on any atom is 0.311 e. The van der Waals surface area contributed by atoms with E-state index in [1.165, 1.54) is 19.3 Å². The SMILES string of the molecule is CCC1CCN(CC2(C(=O)O)CCOCC2)CC1. The van der Waals surface area contributed by atoms with E-state index in [-0.39, 0.29) is 0 Å². The Morgan fingerprint density at radius 2 is 1.94 bits per heavy atom. The molecular formula is C14H25NO3. The van der Waals surface area contributed by atoms with E-state index in [9.17, 15) is 9.90 Å². The molecule has 0 atom stereocenters. The zero-order chi connectivity index (χ0) is 13.0. The summed E-state index contributed by atoms with van der Waals surface area (Å²) >= 11 is 0. The standard InChI is InChI=1S/C14H25NO3/c1-2-12-3-7-15(8-4-12)11-14(13(16)17)5-9-18-10-6-14/h12H,2-11H2,1H3,(H,16,17).